The van der Waals surface area contributed by atoms with E-state index in [4.69, 9.17) is 0 Å². The highest BCUT2D eigenvalue weighted by Gasteiger charge is 2.07. The molecule has 0 spiro atoms. The zero-order chi connectivity index (χ0) is 14.4. The molecular weight excluding hydrogens is 260 g/mol. The van der Waals surface area contributed by atoms with Crippen LogP contribution in [-0.4, -0.2) is 11.1 Å². The molecule has 0 heterocycles. The molecule has 4 rings (SSSR count). The number of benzene rings is 4. The van der Waals surface area contributed by atoms with E-state index in [1.54, 1.807) is 12.1 Å². The molecule has 100 valence electrons. The smallest absolute Gasteiger partial charge is 0.335 e. The van der Waals surface area contributed by atoms with E-state index in [9.17, 15) is 9.90 Å². The maximum Gasteiger partial charge on any atom is 0.335 e. The van der Waals surface area contributed by atoms with Gasteiger partial charge in [-0.05, 0) is 44.5 Å². The third kappa shape index (κ3) is 1.77. The molecule has 0 aliphatic heterocycles. The largest absolute Gasteiger partial charge is 0.478 e. The van der Waals surface area contributed by atoms with Crippen molar-refractivity contribution in [2.75, 3.05) is 0 Å². The minimum Gasteiger partial charge on any atom is -0.478 e. The van der Waals surface area contributed by atoms with Crippen LogP contribution in [0.1, 0.15) is 10.4 Å². The van der Waals surface area contributed by atoms with Crippen LogP contribution >= 0.6 is 0 Å². The molecule has 0 saturated carbocycles. The van der Waals surface area contributed by atoms with E-state index in [0.717, 1.165) is 21.5 Å². The Labute approximate surface area is 121 Å². The number of carboxylic acids is 1. The monoisotopic (exact) mass is 272 g/mol. The van der Waals surface area contributed by atoms with Crippen molar-refractivity contribution >= 4 is 38.3 Å². The van der Waals surface area contributed by atoms with Gasteiger partial charge in [0.25, 0.3) is 0 Å². The third-order valence-corrected chi connectivity index (χ3v) is 3.99. The molecule has 0 aromatic heterocycles. The number of fused-ring (bicyclic) bond motifs is 5. The Kier molecular flexibility index (Phi) is 2.45. The van der Waals surface area contributed by atoms with E-state index >= 15 is 0 Å². The lowest BCUT2D eigenvalue weighted by Gasteiger charge is -2.08. The summed E-state index contributed by atoms with van der Waals surface area (Å²) in [5.74, 6) is -0.894. The van der Waals surface area contributed by atoms with Crippen molar-refractivity contribution < 1.29 is 9.90 Å². The molecule has 0 bridgehead atoms. The molecular formula is C19H12O2. The topological polar surface area (TPSA) is 37.3 Å². The summed E-state index contributed by atoms with van der Waals surface area (Å²) in [6.07, 6.45) is 0. The van der Waals surface area contributed by atoms with Gasteiger partial charge in [-0.1, -0.05) is 54.6 Å². The molecule has 4 aromatic carbocycles. The first kappa shape index (κ1) is 11.9. The van der Waals surface area contributed by atoms with Crippen LogP contribution in [0.25, 0.3) is 32.3 Å². The van der Waals surface area contributed by atoms with Gasteiger partial charge in [-0.2, -0.15) is 0 Å². The molecule has 1 N–H and O–H groups in total. The van der Waals surface area contributed by atoms with Crippen molar-refractivity contribution in [2.24, 2.45) is 0 Å². The van der Waals surface area contributed by atoms with E-state index in [1.165, 1.54) is 10.8 Å². The van der Waals surface area contributed by atoms with Gasteiger partial charge in [0, 0.05) is 0 Å². The predicted molar refractivity (Wildman–Crippen MR) is 85.9 cm³/mol. The van der Waals surface area contributed by atoms with Crippen molar-refractivity contribution in [3.63, 3.8) is 0 Å². The summed E-state index contributed by atoms with van der Waals surface area (Å²) < 4.78 is 0. The van der Waals surface area contributed by atoms with Crippen LogP contribution in [0, 0.1) is 0 Å². The van der Waals surface area contributed by atoms with Crippen molar-refractivity contribution in [3.05, 3.63) is 72.3 Å². The normalized spacial score (nSPS) is 11.2. The maximum atomic E-state index is 11.2. The average molecular weight is 272 g/mol. The second-order valence-corrected chi connectivity index (χ2v) is 5.19. The molecule has 0 amide bonds. The summed E-state index contributed by atoms with van der Waals surface area (Å²) in [4.78, 5) is 11.2. The van der Waals surface area contributed by atoms with Crippen LogP contribution in [0.2, 0.25) is 0 Å². The minimum atomic E-state index is -0.894. The van der Waals surface area contributed by atoms with Crippen molar-refractivity contribution in [2.45, 2.75) is 0 Å². The molecule has 2 nitrogen and oxygen atoms in total. The van der Waals surface area contributed by atoms with Crippen LogP contribution in [0.4, 0.5) is 0 Å². The lowest BCUT2D eigenvalue weighted by Crippen LogP contribution is -1.95. The lowest BCUT2D eigenvalue weighted by atomic mass is 9.96. The second-order valence-electron chi connectivity index (χ2n) is 5.19. The summed E-state index contributed by atoms with van der Waals surface area (Å²) in [5, 5.41) is 15.9. The van der Waals surface area contributed by atoms with Gasteiger partial charge in [0.1, 0.15) is 0 Å². The average Bonchev–Trinajstić information content (AvgIpc) is 2.53. The van der Waals surface area contributed by atoms with Crippen LogP contribution in [-0.2, 0) is 0 Å². The molecule has 21 heavy (non-hydrogen) atoms. The van der Waals surface area contributed by atoms with Gasteiger partial charge in [0.2, 0.25) is 0 Å². The van der Waals surface area contributed by atoms with E-state index in [1.807, 2.05) is 18.2 Å². The summed E-state index contributed by atoms with van der Waals surface area (Å²) >= 11 is 0. The van der Waals surface area contributed by atoms with E-state index in [0.29, 0.717) is 5.56 Å². The molecule has 0 atom stereocenters. The summed E-state index contributed by atoms with van der Waals surface area (Å²) in [6, 6.07) is 21.8. The first-order valence-corrected chi connectivity index (χ1v) is 6.81. The fourth-order valence-corrected chi connectivity index (χ4v) is 2.95. The first-order chi connectivity index (χ1) is 10.2. The standard InChI is InChI=1S/C19H12O2/c20-19(21)14-6-5-13-8-9-16-15-4-2-1-3-12(15)7-10-17(16)18(13)11-14/h1-11H,(H,20,21). The van der Waals surface area contributed by atoms with Crippen LogP contribution in [0.5, 0.6) is 0 Å². The predicted octanol–water partition coefficient (Wildman–Crippen LogP) is 4.84. The van der Waals surface area contributed by atoms with Crippen LogP contribution in [0.15, 0.2) is 66.7 Å². The Hall–Kier alpha value is -2.87. The molecule has 0 saturated heterocycles. The fraction of sp³-hybridized carbons (Fsp3) is 0. The molecule has 0 unspecified atom stereocenters. The Morgan fingerprint density at radius 3 is 2.05 bits per heavy atom. The molecule has 0 aliphatic rings. The second kappa shape index (κ2) is 4.32. The lowest BCUT2D eigenvalue weighted by molar-refractivity contribution is 0.0697. The van der Waals surface area contributed by atoms with Gasteiger partial charge >= 0.3 is 5.97 Å². The number of hydrogen-bond donors (Lipinski definition) is 1. The van der Waals surface area contributed by atoms with Crippen molar-refractivity contribution in [1.29, 1.82) is 0 Å². The van der Waals surface area contributed by atoms with Crippen LogP contribution in [0.3, 0.4) is 0 Å². The molecule has 4 aromatic rings. The number of rotatable bonds is 1. The Balaban J connectivity index is 2.20. The minimum absolute atomic E-state index is 0.322. The summed E-state index contributed by atoms with van der Waals surface area (Å²) in [7, 11) is 0. The maximum absolute atomic E-state index is 11.2. The number of carboxylic acid groups (broad SMARTS) is 1. The Morgan fingerprint density at radius 1 is 0.667 bits per heavy atom. The Morgan fingerprint density at radius 2 is 1.29 bits per heavy atom. The highest BCUT2D eigenvalue weighted by atomic mass is 16.4. The van der Waals surface area contributed by atoms with Crippen LogP contribution < -0.4 is 0 Å². The van der Waals surface area contributed by atoms with E-state index in [2.05, 4.69) is 36.4 Å². The highest BCUT2D eigenvalue weighted by Crippen LogP contribution is 2.31. The molecule has 0 aliphatic carbocycles. The molecule has 0 radical (unpaired) electrons. The fourth-order valence-electron chi connectivity index (χ4n) is 2.95. The highest BCUT2D eigenvalue weighted by molar-refractivity contribution is 6.17. The first-order valence-electron chi connectivity index (χ1n) is 6.81. The summed E-state index contributed by atoms with van der Waals surface area (Å²) in [6.45, 7) is 0. The summed E-state index contributed by atoms with van der Waals surface area (Å²) in [5.41, 5.74) is 0.322. The van der Waals surface area contributed by atoms with Crippen molar-refractivity contribution in [3.8, 4) is 0 Å². The third-order valence-electron chi connectivity index (χ3n) is 3.99. The number of aromatic carboxylic acids is 1. The number of hydrogen-bond acceptors (Lipinski definition) is 1. The van der Waals surface area contributed by atoms with Gasteiger partial charge in [0.15, 0.2) is 0 Å². The van der Waals surface area contributed by atoms with E-state index < -0.39 is 5.97 Å². The number of carbonyl (C=O) groups is 1. The van der Waals surface area contributed by atoms with Gasteiger partial charge in [-0.25, -0.2) is 4.79 Å². The SMILES string of the molecule is O=C(O)c1ccc2ccc3c4ccccc4ccc3c2c1. The van der Waals surface area contributed by atoms with Gasteiger partial charge in [0.05, 0.1) is 5.56 Å². The molecule has 0 fully saturated rings. The zero-order valence-corrected chi connectivity index (χ0v) is 11.2. The van der Waals surface area contributed by atoms with Gasteiger partial charge < -0.3 is 5.11 Å². The molecule has 2 heteroatoms. The van der Waals surface area contributed by atoms with Crippen molar-refractivity contribution in [1.82, 2.24) is 0 Å². The zero-order valence-electron chi connectivity index (χ0n) is 11.2. The van der Waals surface area contributed by atoms with E-state index in [-0.39, 0.29) is 0 Å². The van der Waals surface area contributed by atoms with Gasteiger partial charge in [-0.15, -0.1) is 0 Å². The van der Waals surface area contributed by atoms with Gasteiger partial charge in [-0.3, -0.25) is 0 Å². The quantitative estimate of drug-likeness (QED) is 0.503. The Bertz CT molecular complexity index is 1020.